The third kappa shape index (κ3) is 5.18. The van der Waals surface area contributed by atoms with Crippen molar-refractivity contribution in [2.75, 3.05) is 44.2 Å². The molecular weight excluding hydrogens is 266 g/mol. The van der Waals surface area contributed by atoms with Crippen molar-refractivity contribution in [2.24, 2.45) is 5.84 Å². The first-order chi connectivity index (χ1) is 9.06. The maximum atomic E-state index is 11.3. The van der Waals surface area contributed by atoms with E-state index in [-0.39, 0.29) is 6.03 Å². The highest BCUT2D eigenvalue weighted by molar-refractivity contribution is 7.98. The highest BCUT2D eigenvalue weighted by Gasteiger charge is 2.04. The third-order valence-electron chi connectivity index (χ3n) is 2.15. The number of hydrazine groups is 1. The Morgan fingerprint density at radius 1 is 1.37 bits per heavy atom. The van der Waals surface area contributed by atoms with Crippen LogP contribution in [0.1, 0.15) is 0 Å². The minimum Gasteiger partial charge on any atom is -0.368 e. The number of urea groups is 1. The number of amides is 2. The summed E-state index contributed by atoms with van der Waals surface area (Å²) in [7, 11) is 3.38. The van der Waals surface area contributed by atoms with Crippen molar-refractivity contribution >= 4 is 29.4 Å². The van der Waals surface area contributed by atoms with Crippen molar-refractivity contribution in [1.82, 2.24) is 20.2 Å². The van der Waals surface area contributed by atoms with Crippen LogP contribution in [0.2, 0.25) is 0 Å². The number of hydrogen-bond donors (Lipinski definition) is 4. The normalized spacial score (nSPS) is 9.89. The lowest BCUT2D eigenvalue weighted by molar-refractivity contribution is 0.218. The number of carbonyl (C=O) groups is 1. The predicted octanol–water partition coefficient (Wildman–Crippen LogP) is 0.167. The molecule has 0 atom stereocenters. The van der Waals surface area contributed by atoms with E-state index in [0.29, 0.717) is 29.9 Å². The number of nitrogens with zero attached hydrogens (tertiary/aromatic N) is 3. The molecule has 0 fully saturated rings. The molecule has 0 aliphatic carbocycles. The Morgan fingerprint density at radius 3 is 2.63 bits per heavy atom. The summed E-state index contributed by atoms with van der Waals surface area (Å²) in [5.74, 6) is 6.53. The minimum absolute atomic E-state index is 0.126. The second-order valence-corrected chi connectivity index (χ2v) is 4.60. The van der Waals surface area contributed by atoms with Gasteiger partial charge in [0, 0.05) is 33.3 Å². The number of nitrogen functional groups attached to an aromatic ring is 1. The maximum absolute atomic E-state index is 11.3. The molecule has 1 rings (SSSR count). The molecule has 0 aromatic carbocycles. The summed E-state index contributed by atoms with van der Waals surface area (Å²) in [6.07, 6.45) is 1.89. The standard InChI is InChI=1S/C10H19N7OS/c1-17(2)10(18)13-5-4-12-7-6-8(16-11)15-9(14-7)19-3/h6H,4-5,11H2,1-3H3,(H,13,18)(H2,12,14,15,16). The monoisotopic (exact) mass is 285 g/mol. The number of rotatable bonds is 6. The molecule has 0 saturated heterocycles. The van der Waals surface area contributed by atoms with Crippen molar-refractivity contribution in [3.8, 4) is 0 Å². The summed E-state index contributed by atoms with van der Waals surface area (Å²) in [6, 6.07) is 1.58. The van der Waals surface area contributed by atoms with Gasteiger partial charge in [-0.1, -0.05) is 11.8 Å². The van der Waals surface area contributed by atoms with E-state index >= 15 is 0 Å². The fourth-order valence-electron chi connectivity index (χ4n) is 1.20. The van der Waals surface area contributed by atoms with E-state index in [1.807, 2.05) is 6.26 Å². The molecule has 0 aliphatic rings. The lowest BCUT2D eigenvalue weighted by atomic mass is 10.5. The van der Waals surface area contributed by atoms with E-state index in [1.54, 1.807) is 20.2 Å². The summed E-state index contributed by atoms with van der Waals surface area (Å²) >= 11 is 1.43. The molecule has 2 amide bonds. The molecule has 0 aliphatic heterocycles. The zero-order valence-corrected chi connectivity index (χ0v) is 12.0. The Hall–Kier alpha value is -1.74. The van der Waals surface area contributed by atoms with Gasteiger partial charge in [-0.2, -0.15) is 0 Å². The first kappa shape index (κ1) is 15.3. The molecule has 0 spiro atoms. The van der Waals surface area contributed by atoms with E-state index in [0.717, 1.165) is 0 Å². The van der Waals surface area contributed by atoms with Crippen molar-refractivity contribution in [1.29, 1.82) is 0 Å². The van der Waals surface area contributed by atoms with Crippen LogP contribution in [0.3, 0.4) is 0 Å². The topological polar surface area (TPSA) is 108 Å². The summed E-state index contributed by atoms with van der Waals surface area (Å²) in [6.45, 7) is 1.06. The van der Waals surface area contributed by atoms with Crippen LogP contribution in [-0.4, -0.2) is 54.3 Å². The molecule has 106 valence electrons. The summed E-state index contributed by atoms with van der Waals surface area (Å²) in [5, 5.41) is 6.46. The first-order valence-electron chi connectivity index (χ1n) is 5.65. The van der Waals surface area contributed by atoms with Gasteiger partial charge >= 0.3 is 6.03 Å². The van der Waals surface area contributed by atoms with E-state index in [1.165, 1.54) is 16.7 Å². The fraction of sp³-hybridized carbons (Fsp3) is 0.500. The number of aromatic nitrogens is 2. The van der Waals surface area contributed by atoms with Crippen molar-refractivity contribution in [3.05, 3.63) is 6.07 Å². The molecule has 9 heteroatoms. The molecule has 8 nitrogen and oxygen atoms in total. The Morgan fingerprint density at radius 2 is 2.05 bits per heavy atom. The molecule has 1 aromatic rings. The van der Waals surface area contributed by atoms with Crippen LogP contribution >= 0.6 is 11.8 Å². The molecule has 0 bridgehead atoms. The number of nitrogens with two attached hydrogens (primary N) is 1. The molecule has 19 heavy (non-hydrogen) atoms. The number of nitrogens with one attached hydrogen (secondary N) is 3. The molecule has 1 aromatic heterocycles. The fourth-order valence-corrected chi connectivity index (χ4v) is 1.58. The summed E-state index contributed by atoms with van der Waals surface area (Å²) in [4.78, 5) is 21.2. The van der Waals surface area contributed by atoms with Crippen LogP contribution in [0, 0.1) is 0 Å². The van der Waals surface area contributed by atoms with Crippen molar-refractivity contribution in [2.45, 2.75) is 5.16 Å². The molecule has 0 radical (unpaired) electrons. The minimum atomic E-state index is -0.126. The summed E-state index contributed by atoms with van der Waals surface area (Å²) in [5.41, 5.74) is 2.48. The average Bonchev–Trinajstić information content (AvgIpc) is 2.42. The smallest absolute Gasteiger partial charge is 0.316 e. The van der Waals surface area contributed by atoms with Gasteiger partial charge < -0.3 is 21.0 Å². The van der Waals surface area contributed by atoms with Gasteiger partial charge in [-0.3, -0.25) is 0 Å². The highest BCUT2D eigenvalue weighted by Crippen LogP contribution is 2.16. The first-order valence-corrected chi connectivity index (χ1v) is 6.88. The van der Waals surface area contributed by atoms with Crippen molar-refractivity contribution < 1.29 is 4.79 Å². The van der Waals surface area contributed by atoms with Gasteiger partial charge in [0.1, 0.15) is 11.6 Å². The SMILES string of the molecule is CSc1nc(NN)cc(NCCNC(=O)N(C)C)n1. The van der Waals surface area contributed by atoms with Crippen LogP contribution < -0.4 is 21.9 Å². The van der Waals surface area contributed by atoms with Crippen LogP contribution in [0.25, 0.3) is 0 Å². The second kappa shape index (κ2) is 7.64. The lowest BCUT2D eigenvalue weighted by Gasteiger charge is -2.12. The van der Waals surface area contributed by atoms with Crippen LogP contribution in [0.4, 0.5) is 16.4 Å². The number of carbonyl (C=O) groups excluding carboxylic acids is 1. The van der Waals surface area contributed by atoms with E-state index in [4.69, 9.17) is 5.84 Å². The Balaban J connectivity index is 2.46. The zero-order valence-electron chi connectivity index (χ0n) is 11.2. The Bertz CT molecular complexity index is 404. The van der Waals surface area contributed by atoms with Gasteiger partial charge in [0.15, 0.2) is 5.16 Å². The number of hydrogen-bond acceptors (Lipinski definition) is 7. The van der Waals surface area contributed by atoms with Crippen LogP contribution in [0.5, 0.6) is 0 Å². The molecule has 5 N–H and O–H groups in total. The summed E-state index contributed by atoms with van der Waals surface area (Å²) < 4.78 is 0. The number of anilines is 2. The zero-order chi connectivity index (χ0) is 14.3. The van der Waals surface area contributed by atoms with Gasteiger partial charge in [-0.15, -0.1) is 0 Å². The van der Waals surface area contributed by atoms with Gasteiger partial charge in [0.25, 0.3) is 0 Å². The highest BCUT2D eigenvalue weighted by atomic mass is 32.2. The maximum Gasteiger partial charge on any atom is 0.316 e. The second-order valence-electron chi connectivity index (χ2n) is 3.82. The molecule has 0 saturated carbocycles. The van der Waals surface area contributed by atoms with E-state index < -0.39 is 0 Å². The van der Waals surface area contributed by atoms with E-state index in [2.05, 4.69) is 26.0 Å². The molecule has 0 unspecified atom stereocenters. The quantitative estimate of drug-likeness (QED) is 0.194. The Labute approximate surface area is 116 Å². The molecular formula is C10H19N7OS. The van der Waals surface area contributed by atoms with Gasteiger partial charge in [0.05, 0.1) is 0 Å². The van der Waals surface area contributed by atoms with Crippen molar-refractivity contribution in [3.63, 3.8) is 0 Å². The van der Waals surface area contributed by atoms with E-state index in [9.17, 15) is 4.79 Å². The number of thioether (sulfide) groups is 1. The average molecular weight is 285 g/mol. The molecule has 1 heterocycles. The predicted molar refractivity (Wildman–Crippen MR) is 77.2 cm³/mol. The van der Waals surface area contributed by atoms with Gasteiger partial charge in [-0.25, -0.2) is 20.6 Å². The van der Waals surface area contributed by atoms with Gasteiger partial charge in [-0.05, 0) is 6.26 Å². The Kier molecular flexibility index (Phi) is 6.16. The lowest BCUT2D eigenvalue weighted by Crippen LogP contribution is -2.37. The van der Waals surface area contributed by atoms with Crippen LogP contribution in [0.15, 0.2) is 11.2 Å². The van der Waals surface area contributed by atoms with Crippen LogP contribution in [-0.2, 0) is 0 Å². The largest absolute Gasteiger partial charge is 0.368 e. The van der Waals surface area contributed by atoms with Gasteiger partial charge in [0.2, 0.25) is 0 Å². The third-order valence-corrected chi connectivity index (χ3v) is 2.70.